The van der Waals surface area contributed by atoms with Gasteiger partial charge < -0.3 is 5.32 Å². The van der Waals surface area contributed by atoms with Crippen LogP contribution in [0.5, 0.6) is 0 Å². The summed E-state index contributed by atoms with van der Waals surface area (Å²) in [4.78, 5) is 12.9. The number of hydrogen-bond donors (Lipinski definition) is 1. The molecule has 0 radical (unpaired) electrons. The highest BCUT2D eigenvalue weighted by atomic mass is 16.1. The van der Waals surface area contributed by atoms with Gasteiger partial charge in [0.25, 0.3) is 0 Å². The van der Waals surface area contributed by atoms with Crippen LogP contribution < -0.4 is 5.32 Å². The van der Waals surface area contributed by atoms with Crippen LogP contribution in [0.4, 0.5) is 5.69 Å². The van der Waals surface area contributed by atoms with Crippen molar-refractivity contribution in [2.75, 3.05) is 5.32 Å². The second-order valence-corrected chi connectivity index (χ2v) is 5.77. The van der Waals surface area contributed by atoms with Crippen LogP contribution >= 0.6 is 0 Å². The highest BCUT2D eigenvalue weighted by molar-refractivity contribution is 5.96. The molecule has 2 aromatic rings. The van der Waals surface area contributed by atoms with Gasteiger partial charge in [-0.2, -0.15) is 0 Å². The first-order valence-electron chi connectivity index (χ1n) is 8.11. The number of para-hydroxylation sites is 1. The zero-order valence-corrected chi connectivity index (χ0v) is 13.7. The minimum absolute atomic E-state index is 0.0847. The van der Waals surface area contributed by atoms with Crippen molar-refractivity contribution in [2.24, 2.45) is 5.92 Å². The van der Waals surface area contributed by atoms with Crippen molar-refractivity contribution in [3.8, 4) is 0 Å². The van der Waals surface area contributed by atoms with E-state index in [1.54, 1.807) is 0 Å². The van der Waals surface area contributed by atoms with E-state index in [1.807, 2.05) is 48.5 Å². The predicted molar refractivity (Wildman–Crippen MR) is 93.1 cm³/mol. The fraction of sp³-hybridized carbons (Fsp3) is 0.350. The van der Waals surface area contributed by atoms with Crippen LogP contribution in [0.2, 0.25) is 0 Å². The van der Waals surface area contributed by atoms with Crippen molar-refractivity contribution in [1.29, 1.82) is 0 Å². The second-order valence-electron chi connectivity index (χ2n) is 5.77. The molecule has 0 spiro atoms. The van der Waals surface area contributed by atoms with Crippen molar-refractivity contribution < 1.29 is 4.79 Å². The van der Waals surface area contributed by atoms with Gasteiger partial charge in [0, 0.05) is 5.69 Å². The van der Waals surface area contributed by atoms with Gasteiger partial charge in [0.2, 0.25) is 5.91 Å². The van der Waals surface area contributed by atoms with E-state index in [0.717, 1.165) is 24.1 Å². The van der Waals surface area contributed by atoms with Crippen LogP contribution in [0, 0.1) is 5.92 Å². The maximum atomic E-state index is 12.9. The molecular formula is C20H25NO. The highest BCUT2D eigenvalue weighted by Crippen LogP contribution is 2.29. The molecular weight excluding hydrogens is 270 g/mol. The maximum Gasteiger partial charge on any atom is 0.232 e. The number of carbonyl (C=O) groups excluding carboxylic acids is 1. The average Bonchev–Trinajstić information content (AvgIpc) is 2.56. The van der Waals surface area contributed by atoms with E-state index in [2.05, 4.69) is 32.2 Å². The normalized spacial score (nSPS) is 13.4. The molecule has 0 aliphatic carbocycles. The molecule has 2 unspecified atom stereocenters. The summed E-state index contributed by atoms with van der Waals surface area (Å²) in [6, 6.07) is 18.1. The number of carbonyl (C=O) groups is 1. The molecule has 116 valence electrons. The largest absolute Gasteiger partial charge is 0.325 e. The minimum atomic E-state index is -0.115. The Morgan fingerprint density at radius 3 is 2.27 bits per heavy atom. The Morgan fingerprint density at radius 2 is 1.64 bits per heavy atom. The van der Waals surface area contributed by atoms with E-state index in [-0.39, 0.29) is 11.8 Å². The average molecular weight is 295 g/mol. The van der Waals surface area contributed by atoms with Gasteiger partial charge in [-0.3, -0.25) is 4.79 Å². The van der Waals surface area contributed by atoms with E-state index in [9.17, 15) is 4.79 Å². The van der Waals surface area contributed by atoms with Crippen molar-refractivity contribution >= 4 is 11.6 Å². The fourth-order valence-corrected chi connectivity index (χ4v) is 2.80. The lowest BCUT2D eigenvalue weighted by Crippen LogP contribution is -2.26. The van der Waals surface area contributed by atoms with Gasteiger partial charge in [-0.1, -0.05) is 75.7 Å². The number of aryl methyl sites for hydroxylation is 1. The Kier molecular flexibility index (Phi) is 5.76. The van der Waals surface area contributed by atoms with Gasteiger partial charge in [-0.15, -0.1) is 0 Å². The lowest BCUT2D eigenvalue weighted by atomic mass is 9.85. The van der Waals surface area contributed by atoms with Crippen LogP contribution in [-0.2, 0) is 11.2 Å². The first kappa shape index (κ1) is 16.3. The summed E-state index contributed by atoms with van der Waals surface area (Å²) in [5.41, 5.74) is 3.19. The standard InChI is InChI=1S/C20H25NO/c1-4-15(3)19(17-12-7-6-8-13-17)20(22)21-18-14-10-9-11-16(18)5-2/h6-15,19H,4-5H2,1-3H3,(H,21,22). The smallest absolute Gasteiger partial charge is 0.232 e. The van der Waals surface area contributed by atoms with E-state index < -0.39 is 0 Å². The molecule has 0 aromatic heterocycles. The topological polar surface area (TPSA) is 29.1 Å². The quantitative estimate of drug-likeness (QED) is 0.796. The third-order valence-corrected chi connectivity index (χ3v) is 4.31. The van der Waals surface area contributed by atoms with Crippen molar-refractivity contribution in [3.05, 3.63) is 65.7 Å². The molecule has 0 fully saturated rings. The molecule has 0 bridgehead atoms. The van der Waals surface area contributed by atoms with Crippen LogP contribution in [0.1, 0.15) is 44.2 Å². The fourth-order valence-electron chi connectivity index (χ4n) is 2.80. The number of anilines is 1. The zero-order valence-electron chi connectivity index (χ0n) is 13.7. The monoisotopic (exact) mass is 295 g/mol. The molecule has 22 heavy (non-hydrogen) atoms. The lowest BCUT2D eigenvalue weighted by Gasteiger charge is -2.23. The molecule has 0 saturated heterocycles. The molecule has 2 nitrogen and oxygen atoms in total. The zero-order chi connectivity index (χ0) is 15.9. The van der Waals surface area contributed by atoms with E-state index in [1.165, 1.54) is 5.56 Å². The third kappa shape index (κ3) is 3.76. The summed E-state index contributed by atoms with van der Waals surface area (Å²) >= 11 is 0. The van der Waals surface area contributed by atoms with Crippen LogP contribution in [0.25, 0.3) is 0 Å². The van der Waals surface area contributed by atoms with Crippen molar-refractivity contribution in [3.63, 3.8) is 0 Å². The summed E-state index contributed by atoms with van der Waals surface area (Å²) in [5, 5.41) is 3.14. The SMILES string of the molecule is CCc1ccccc1NC(=O)C(c1ccccc1)C(C)CC. The maximum absolute atomic E-state index is 12.9. The third-order valence-electron chi connectivity index (χ3n) is 4.31. The van der Waals surface area contributed by atoms with Crippen molar-refractivity contribution in [1.82, 2.24) is 0 Å². The summed E-state index contributed by atoms with van der Waals surface area (Å²) in [6.45, 7) is 6.38. The molecule has 0 heterocycles. The van der Waals surface area contributed by atoms with Gasteiger partial charge in [0.05, 0.1) is 5.92 Å². The van der Waals surface area contributed by atoms with Crippen LogP contribution in [0.3, 0.4) is 0 Å². The predicted octanol–water partition coefficient (Wildman–Crippen LogP) is 5.02. The Balaban J connectivity index is 2.26. The molecule has 1 amide bonds. The first-order chi connectivity index (χ1) is 10.7. The number of nitrogens with one attached hydrogen (secondary N) is 1. The van der Waals surface area contributed by atoms with E-state index in [0.29, 0.717) is 5.92 Å². The number of hydrogen-bond acceptors (Lipinski definition) is 1. The molecule has 2 heteroatoms. The molecule has 0 aliphatic rings. The van der Waals surface area contributed by atoms with Gasteiger partial charge in [-0.05, 0) is 29.5 Å². The van der Waals surface area contributed by atoms with Gasteiger partial charge in [0.1, 0.15) is 0 Å². The van der Waals surface area contributed by atoms with E-state index >= 15 is 0 Å². The Hall–Kier alpha value is -2.09. The Labute approximate surface area is 133 Å². The van der Waals surface area contributed by atoms with Crippen molar-refractivity contribution in [2.45, 2.75) is 39.5 Å². The van der Waals surface area contributed by atoms with Crippen LogP contribution in [0.15, 0.2) is 54.6 Å². The summed E-state index contributed by atoms with van der Waals surface area (Å²) in [5.74, 6) is 0.272. The van der Waals surface area contributed by atoms with Gasteiger partial charge in [0.15, 0.2) is 0 Å². The number of benzene rings is 2. The van der Waals surface area contributed by atoms with Crippen LogP contribution in [-0.4, -0.2) is 5.91 Å². The van der Waals surface area contributed by atoms with E-state index in [4.69, 9.17) is 0 Å². The highest BCUT2D eigenvalue weighted by Gasteiger charge is 2.26. The summed E-state index contributed by atoms with van der Waals surface area (Å²) in [6.07, 6.45) is 1.89. The Morgan fingerprint density at radius 1 is 1.00 bits per heavy atom. The second kappa shape index (κ2) is 7.79. The molecule has 2 atom stereocenters. The van der Waals surface area contributed by atoms with Gasteiger partial charge >= 0.3 is 0 Å². The molecule has 0 aliphatic heterocycles. The Bertz CT molecular complexity index is 606. The lowest BCUT2D eigenvalue weighted by molar-refractivity contribution is -0.118. The number of rotatable bonds is 6. The molecule has 2 aromatic carbocycles. The van der Waals surface area contributed by atoms with Gasteiger partial charge in [-0.25, -0.2) is 0 Å². The molecule has 0 saturated carbocycles. The molecule has 2 rings (SSSR count). The summed E-state index contributed by atoms with van der Waals surface area (Å²) in [7, 11) is 0. The minimum Gasteiger partial charge on any atom is -0.325 e. The first-order valence-corrected chi connectivity index (χ1v) is 8.11. The molecule has 1 N–H and O–H groups in total. The number of amides is 1. The summed E-state index contributed by atoms with van der Waals surface area (Å²) < 4.78 is 0.